The van der Waals surface area contributed by atoms with E-state index in [1.54, 1.807) is 0 Å². The first-order valence-corrected chi connectivity index (χ1v) is 7.39. The van der Waals surface area contributed by atoms with Gasteiger partial charge in [-0.25, -0.2) is 4.79 Å². The summed E-state index contributed by atoms with van der Waals surface area (Å²) in [6.07, 6.45) is 10.7. The van der Waals surface area contributed by atoms with E-state index in [-0.39, 0.29) is 10.5 Å². The molecule has 5 heteroatoms. The molecule has 1 rings (SSSR count). The highest BCUT2D eigenvalue weighted by Gasteiger charge is 2.12. The quantitative estimate of drug-likeness (QED) is 0.611. The Hall–Kier alpha value is -1.52. The fourth-order valence-corrected chi connectivity index (χ4v) is 2.07. The number of halogens is 1. The molecule has 0 amide bonds. The van der Waals surface area contributed by atoms with Crippen LogP contribution >= 0.6 is 0 Å². The summed E-state index contributed by atoms with van der Waals surface area (Å²) in [6, 6.07) is 1.20. The Morgan fingerprint density at radius 1 is 1.20 bits per heavy atom. The smallest absolute Gasteiger partial charge is 0.355 e. The molecule has 1 aromatic rings. The van der Waals surface area contributed by atoms with Crippen molar-refractivity contribution in [1.29, 1.82) is 0 Å². The number of carbonyl (C=O) groups is 1. The number of carboxylic acid groups (broad SMARTS) is 1. The number of unbranched alkanes of at least 4 members (excludes halogenated alkanes) is 7. The topological polar surface area (TPSA) is 51.5 Å². The predicted molar refractivity (Wildman–Crippen MR) is 76.0 cm³/mol. The van der Waals surface area contributed by atoms with E-state index < -0.39 is 11.7 Å². The standard InChI is InChI=1S/C15H24FNO3/c1-2-3-4-5-6-7-8-9-10-20-13-11-14(15(18)19)17(16)12-13/h11-12H,2-10H2,1H3,(H,18,19). The average molecular weight is 285 g/mol. The van der Waals surface area contributed by atoms with Gasteiger partial charge in [0.2, 0.25) is 0 Å². The third-order valence-electron chi connectivity index (χ3n) is 3.24. The summed E-state index contributed by atoms with van der Waals surface area (Å²) in [5, 5.41) is 8.69. The van der Waals surface area contributed by atoms with Crippen molar-refractivity contribution in [1.82, 2.24) is 4.79 Å². The summed E-state index contributed by atoms with van der Waals surface area (Å²) in [5.41, 5.74) is -0.407. The van der Waals surface area contributed by atoms with Gasteiger partial charge in [0.25, 0.3) is 0 Å². The number of hydrogen-bond donors (Lipinski definition) is 1. The fraction of sp³-hybridized carbons (Fsp3) is 0.667. The molecule has 0 aliphatic heterocycles. The molecule has 0 atom stereocenters. The number of carboxylic acids is 1. The van der Waals surface area contributed by atoms with Crippen molar-refractivity contribution in [2.45, 2.75) is 58.3 Å². The van der Waals surface area contributed by atoms with Gasteiger partial charge in [-0.15, -0.1) is 0 Å². The average Bonchev–Trinajstić information content (AvgIpc) is 2.78. The Balaban J connectivity index is 2.07. The van der Waals surface area contributed by atoms with E-state index in [0.29, 0.717) is 6.61 Å². The molecule has 0 fully saturated rings. The van der Waals surface area contributed by atoms with E-state index in [2.05, 4.69) is 6.92 Å². The van der Waals surface area contributed by atoms with Crippen LogP contribution in [-0.2, 0) is 0 Å². The second kappa shape index (κ2) is 9.39. The molecule has 1 aromatic heterocycles. The van der Waals surface area contributed by atoms with Gasteiger partial charge in [0.1, 0.15) is 5.75 Å². The van der Waals surface area contributed by atoms with Crippen LogP contribution in [0.3, 0.4) is 0 Å². The molecule has 0 spiro atoms. The largest absolute Gasteiger partial charge is 0.492 e. The van der Waals surface area contributed by atoms with Gasteiger partial charge < -0.3 is 9.84 Å². The van der Waals surface area contributed by atoms with Crippen molar-refractivity contribution in [3.63, 3.8) is 0 Å². The second-order valence-corrected chi connectivity index (χ2v) is 5.00. The van der Waals surface area contributed by atoms with Crippen molar-refractivity contribution in [2.75, 3.05) is 6.61 Å². The molecule has 114 valence electrons. The molecule has 0 radical (unpaired) electrons. The normalized spacial score (nSPS) is 10.7. The van der Waals surface area contributed by atoms with Gasteiger partial charge in [-0.1, -0.05) is 56.4 Å². The van der Waals surface area contributed by atoms with Crippen molar-refractivity contribution in [3.8, 4) is 5.75 Å². The fourth-order valence-electron chi connectivity index (χ4n) is 2.07. The first-order valence-electron chi connectivity index (χ1n) is 7.39. The van der Waals surface area contributed by atoms with Gasteiger partial charge in [0.15, 0.2) is 5.69 Å². The minimum atomic E-state index is -1.30. The Labute approximate surface area is 119 Å². The summed E-state index contributed by atoms with van der Waals surface area (Å²) in [4.78, 5) is 10.7. The maximum absolute atomic E-state index is 13.1. The highest BCUT2D eigenvalue weighted by molar-refractivity contribution is 5.86. The highest BCUT2D eigenvalue weighted by Crippen LogP contribution is 2.17. The molecule has 1 heterocycles. The van der Waals surface area contributed by atoms with E-state index in [1.807, 2.05) is 0 Å². The Kier molecular flexibility index (Phi) is 7.77. The Bertz CT molecular complexity index is 404. The lowest BCUT2D eigenvalue weighted by molar-refractivity contribution is 0.0673. The molecule has 1 N–H and O–H groups in total. The molecule has 0 bridgehead atoms. The second-order valence-electron chi connectivity index (χ2n) is 5.00. The minimum Gasteiger partial charge on any atom is -0.492 e. The highest BCUT2D eigenvalue weighted by atomic mass is 19.2. The van der Waals surface area contributed by atoms with Crippen LogP contribution in [0, 0.1) is 0 Å². The molecule has 0 unspecified atom stereocenters. The number of ether oxygens (including phenoxy) is 1. The molecule has 0 aliphatic rings. The maximum Gasteiger partial charge on any atom is 0.355 e. The molecular formula is C15H24FNO3. The van der Waals surface area contributed by atoms with Gasteiger partial charge in [-0.2, -0.15) is 4.79 Å². The molecule has 0 saturated carbocycles. The third kappa shape index (κ3) is 6.08. The van der Waals surface area contributed by atoms with Crippen LogP contribution in [0.5, 0.6) is 5.75 Å². The summed E-state index contributed by atoms with van der Waals surface area (Å²) in [6.45, 7) is 2.70. The summed E-state index contributed by atoms with van der Waals surface area (Å²) in [7, 11) is 0. The van der Waals surface area contributed by atoms with E-state index in [9.17, 15) is 9.28 Å². The van der Waals surface area contributed by atoms with E-state index in [4.69, 9.17) is 9.84 Å². The first-order chi connectivity index (χ1) is 9.65. The number of nitrogens with zero attached hydrogens (tertiary/aromatic N) is 1. The lowest BCUT2D eigenvalue weighted by Gasteiger charge is -2.03. The molecular weight excluding hydrogens is 261 g/mol. The SMILES string of the molecule is CCCCCCCCCCOc1cc(C(=O)O)n(F)c1. The lowest BCUT2D eigenvalue weighted by Crippen LogP contribution is -2.00. The number of aromatic nitrogens is 1. The van der Waals surface area contributed by atoms with E-state index in [0.717, 1.165) is 19.0 Å². The molecule has 0 saturated heterocycles. The minimum absolute atomic E-state index is 0.0748. The first kappa shape index (κ1) is 16.5. The zero-order chi connectivity index (χ0) is 14.8. The summed E-state index contributed by atoms with van der Waals surface area (Å²) in [5.74, 6) is -1.03. The number of rotatable bonds is 11. The van der Waals surface area contributed by atoms with Crippen LogP contribution in [-0.4, -0.2) is 22.5 Å². The molecule has 0 aliphatic carbocycles. The number of hydrogen-bond acceptors (Lipinski definition) is 2. The summed E-state index contributed by atoms with van der Waals surface area (Å²) >= 11 is 0. The Morgan fingerprint density at radius 2 is 1.80 bits per heavy atom. The van der Waals surface area contributed by atoms with Crippen LogP contribution in [0.4, 0.5) is 4.48 Å². The maximum atomic E-state index is 13.1. The van der Waals surface area contributed by atoms with Gasteiger partial charge in [-0.05, 0) is 6.42 Å². The van der Waals surface area contributed by atoms with Crippen LogP contribution in [0.1, 0.15) is 68.8 Å². The zero-order valence-corrected chi connectivity index (χ0v) is 12.1. The van der Waals surface area contributed by atoms with Crippen molar-refractivity contribution >= 4 is 5.97 Å². The lowest BCUT2D eigenvalue weighted by atomic mass is 10.1. The van der Waals surface area contributed by atoms with Crippen LogP contribution in [0.2, 0.25) is 0 Å². The van der Waals surface area contributed by atoms with Gasteiger partial charge >= 0.3 is 5.97 Å². The van der Waals surface area contributed by atoms with Gasteiger partial charge in [-0.3, -0.25) is 0 Å². The van der Waals surface area contributed by atoms with E-state index in [1.165, 1.54) is 44.6 Å². The van der Waals surface area contributed by atoms with Crippen LogP contribution in [0.25, 0.3) is 0 Å². The molecule has 20 heavy (non-hydrogen) atoms. The molecule has 4 nitrogen and oxygen atoms in total. The van der Waals surface area contributed by atoms with Crippen LogP contribution < -0.4 is 4.74 Å². The van der Waals surface area contributed by atoms with E-state index >= 15 is 0 Å². The van der Waals surface area contributed by atoms with Gasteiger partial charge in [0.05, 0.1) is 12.8 Å². The van der Waals surface area contributed by atoms with Crippen molar-refractivity contribution < 1.29 is 19.1 Å². The predicted octanol–water partition coefficient (Wildman–Crippen LogP) is 4.44. The summed E-state index contributed by atoms with van der Waals surface area (Å²) < 4.78 is 18.4. The Morgan fingerprint density at radius 3 is 2.35 bits per heavy atom. The van der Waals surface area contributed by atoms with Crippen LogP contribution in [0.15, 0.2) is 12.3 Å². The monoisotopic (exact) mass is 285 g/mol. The van der Waals surface area contributed by atoms with Crippen molar-refractivity contribution in [2.24, 2.45) is 0 Å². The van der Waals surface area contributed by atoms with Crippen molar-refractivity contribution in [3.05, 3.63) is 18.0 Å². The zero-order valence-electron chi connectivity index (χ0n) is 12.1. The third-order valence-corrected chi connectivity index (χ3v) is 3.24. The number of aromatic carboxylic acids is 1. The van der Waals surface area contributed by atoms with Gasteiger partial charge in [0, 0.05) is 6.07 Å². The molecule has 0 aromatic carbocycles.